The molecular weight excluding hydrogens is 158 g/mol. The van der Waals surface area contributed by atoms with Crippen LogP contribution in [0.25, 0.3) is 0 Å². The van der Waals surface area contributed by atoms with Gasteiger partial charge in [0.05, 0.1) is 21.1 Å². The second-order valence-electron chi connectivity index (χ2n) is 2.97. The molecular formula is C4H12NO4S+. The fourth-order valence-electron chi connectivity index (χ4n) is 0.225. The molecule has 0 amide bonds. The average molecular weight is 170 g/mol. The summed E-state index contributed by atoms with van der Waals surface area (Å²) in [5.41, 5.74) is 0. The van der Waals surface area contributed by atoms with Gasteiger partial charge in [-0.05, 0) is 0 Å². The molecule has 0 aliphatic carbocycles. The summed E-state index contributed by atoms with van der Waals surface area (Å²) in [5, 5.41) is 0. The van der Waals surface area contributed by atoms with Gasteiger partial charge in [0.15, 0.2) is 0 Å². The lowest BCUT2D eigenvalue weighted by Gasteiger charge is -2.21. The molecule has 0 saturated carbocycles. The standard InChI is InChI=1S/C4H11NO4S/c1-5(2,3)4-9-10(6,7)8/h4H2,1-3H3/p+1. The van der Waals surface area contributed by atoms with Gasteiger partial charge in [0.25, 0.3) is 0 Å². The monoisotopic (exact) mass is 170 g/mol. The van der Waals surface area contributed by atoms with E-state index in [1.807, 2.05) is 0 Å². The Hall–Kier alpha value is -0.170. The number of nitrogens with zero attached hydrogens (tertiary/aromatic N) is 1. The predicted molar refractivity (Wildman–Crippen MR) is 35.5 cm³/mol. The number of hydrogen-bond donors (Lipinski definition) is 1. The van der Waals surface area contributed by atoms with Crippen LogP contribution in [0.2, 0.25) is 0 Å². The predicted octanol–water partition coefficient (Wildman–Crippen LogP) is -0.530. The lowest BCUT2D eigenvalue weighted by atomic mass is 10.7. The van der Waals surface area contributed by atoms with E-state index in [0.717, 1.165) is 0 Å². The van der Waals surface area contributed by atoms with E-state index in [1.165, 1.54) is 0 Å². The molecule has 0 saturated heterocycles. The van der Waals surface area contributed by atoms with Crippen LogP contribution in [0.15, 0.2) is 0 Å². The zero-order valence-corrected chi connectivity index (χ0v) is 7.05. The molecule has 0 aliphatic heterocycles. The van der Waals surface area contributed by atoms with Crippen LogP contribution in [0.5, 0.6) is 0 Å². The molecule has 5 nitrogen and oxygen atoms in total. The molecule has 10 heavy (non-hydrogen) atoms. The van der Waals surface area contributed by atoms with E-state index < -0.39 is 10.4 Å². The van der Waals surface area contributed by atoms with Crippen molar-refractivity contribution in [3.63, 3.8) is 0 Å². The Morgan fingerprint density at radius 2 is 1.80 bits per heavy atom. The molecule has 0 aliphatic rings. The van der Waals surface area contributed by atoms with Gasteiger partial charge in [-0.15, -0.1) is 0 Å². The van der Waals surface area contributed by atoms with Crippen LogP contribution in [-0.2, 0) is 14.6 Å². The molecule has 0 fully saturated rings. The van der Waals surface area contributed by atoms with Crippen LogP contribution < -0.4 is 0 Å². The van der Waals surface area contributed by atoms with Crippen molar-refractivity contribution in [2.75, 3.05) is 27.9 Å². The minimum atomic E-state index is -4.27. The van der Waals surface area contributed by atoms with Crippen LogP contribution in [0.3, 0.4) is 0 Å². The highest BCUT2D eigenvalue weighted by molar-refractivity contribution is 7.80. The number of hydrogen-bond acceptors (Lipinski definition) is 3. The maximum Gasteiger partial charge on any atom is 0.401 e. The maximum absolute atomic E-state index is 10.0. The van der Waals surface area contributed by atoms with E-state index in [4.69, 9.17) is 4.55 Å². The highest BCUT2D eigenvalue weighted by atomic mass is 32.3. The summed E-state index contributed by atoms with van der Waals surface area (Å²) in [6.07, 6.45) is 0. The first kappa shape index (κ1) is 9.83. The van der Waals surface area contributed by atoms with Crippen molar-refractivity contribution >= 4 is 10.4 Å². The van der Waals surface area contributed by atoms with Gasteiger partial charge < -0.3 is 4.48 Å². The highest BCUT2D eigenvalue weighted by Gasteiger charge is 2.12. The topological polar surface area (TPSA) is 63.6 Å². The molecule has 0 rings (SSSR count). The van der Waals surface area contributed by atoms with Crippen molar-refractivity contribution in [3.8, 4) is 0 Å². The van der Waals surface area contributed by atoms with Gasteiger partial charge in [0.1, 0.15) is 0 Å². The summed E-state index contributed by atoms with van der Waals surface area (Å²) in [7, 11) is 0.951. The summed E-state index contributed by atoms with van der Waals surface area (Å²) in [6.45, 7) is -0.0706. The largest absolute Gasteiger partial charge is 0.401 e. The quantitative estimate of drug-likeness (QED) is 0.351. The van der Waals surface area contributed by atoms with E-state index in [9.17, 15) is 8.42 Å². The third-order valence-corrected chi connectivity index (χ3v) is 0.992. The Kier molecular flexibility index (Phi) is 2.78. The van der Waals surface area contributed by atoms with Gasteiger partial charge in [0, 0.05) is 0 Å². The van der Waals surface area contributed by atoms with E-state index in [1.54, 1.807) is 21.1 Å². The van der Waals surface area contributed by atoms with E-state index in [-0.39, 0.29) is 6.73 Å². The van der Waals surface area contributed by atoms with Crippen molar-refractivity contribution in [2.45, 2.75) is 0 Å². The first-order chi connectivity index (χ1) is 4.21. The van der Waals surface area contributed by atoms with E-state index in [0.29, 0.717) is 4.48 Å². The minimum Gasteiger partial charge on any atom is -0.307 e. The van der Waals surface area contributed by atoms with Gasteiger partial charge in [-0.25, -0.2) is 0 Å². The first-order valence-electron chi connectivity index (χ1n) is 2.63. The van der Waals surface area contributed by atoms with Crippen LogP contribution in [0.4, 0.5) is 0 Å². The average Bonchev–Trinajstić information content (AvgIpc) is 1.57. The Morgan fingerprint density at radius 1 is 1.40 bits per heavy atom. The maximum atomic E-state index is 10.0. The van der Waals surface area contributed by atoms with Crippen molar-refractivity contribution in [1.29, 1.82) is 0 Å². The molecule has 1 N–H and O–H groups in total. The second-order valence-corrected chi connectivity index (χ2v) is 4.06. The Morgan fingerprint density at radius 3 is 1.90 bits per heavy atom. The Balaban J connectivity index is 3.79. The molecule has 0 aromatic carbocycles. The van der Waals surface area contributed by atoms with Crippen LogP contribution in [0.1, 0.15) is 0 Å². The molecule has 0 aromatic rings. The number of quaternary nitrogens is 1. The normalized spacial score (nSPS) is 13.6. The minimum absolute atomic E-state index is 0.0706. The van der Waals surface area contributed by atoms with Crippen LogP contribution in [0, 0.1) is 0 Å². The molecule has 0 bridgehead atoms. The summed E-state index contributed by atoms with van der Waals surface area (Å²) >= 11 is 0. The molecule has 0 unspecified atom stereocenters. The molecule has 0 aromatic heterocycles. The molecule has 62 valence electrons. The van der Waals surface area contributed by atoms with Gasteiger partial charge in [-0.1, -0.05) is 0 Å². The summed E-state index contributed by atoms with van der Waals surface area (Å²) < 4.78 is 32.5. The zero-order valence-electron chi connectivity index (χ0n) is 6.23. The van der Waals surface area contributed by atoms with Gasteiger partial charge >= 0.3 is 10.4 Å². The molecule has 0 radical (unpaired) electrons. The van der Waals surface area contributed by atoms with Crippen molar-refractivity contribution in [2.24, 2.45) is 0 Å². The second kappa shape index (κ2) is 2.83. The van der Waals surface area contributed by atoms with Gasteiger partial charge in [0.2, 0.25) is 6.73 Å². The lowest BCUT2D eigenvalue weighted by molar-refractivity contribution is -0.886. The van der Waals surface area contributed by atoms with Crippen LogP contribution >= 0.6 is 0 Å². The Bertz CT molecular complexity index is 190. The zero-order chi connectivity index (χ0) is 8.41. The summed E-state index contributed by atoms with van der Waals surface area (Å²) in [5.74, 6) is 0. The fraction of sp³-hybridized carbons (Fsp3) is 1.00. The summed E-state index contributed by atoms with van der Waals surface area (Å²) in [4.78, 5) is 0. The Labute approximate surface area is 60.8 Å². The SMILES string of the molecule is C[N+](C)(C)COS(=O)(=O)O. The van der Waals surface area contributed by atoms with Crippen molar-refractivity contribution < 1.29 is 21.6 Å². The first-order valence-corrected chi connectivity index (χ1v) is 3.99. The highest BCUT2D eigenvalue weighted by Crippen LogP contribution is 1.93. The third kappa shape index (κ3) is 7.83. The van der Waals surface area contributed by atoms with Crippen molar-refractivity contribution in [3.05, 3.63) is 0 Å². The fourth-order valence-corrected chi connectivity index (χ4v) is 0.674. The molecule has 6 heteroatoms. The van der Waals surface area contributed by atoms with Crippen molar-refractivity contribution in [1.82, 2.24) is 0 Å². The summed E-state index contributed by atoms with van der Waals surface area (Å²) in [6, 6.07) is 0. The van der Waals surface area contributed by atoms with Crippen LogP contribution in [-0.4, -0.2) is 45.3 Å². The lowest BCUT2D eigenvalue weighted by Crippen LogP contribution is -2.37. The molecule has 0 atom stereocenters. The van der Waals surface area contributed by atoms with Gasteiger partial charge in [-0.2, -0.15) is 12.6 Å². The molecule has 0 spiro atoms. The number of rotatable bonds is 3. The molecule has 0 heterocycles. The van der Waals surface area contributed by atoms with E-state index >= 15 is 0 Å². The van der Waals surface area contributed by atoms with E-state index in [2.05, 4.69) is 4.18 Å². The van der Waals surface area contributed by atoms with Gasteiger partial charge in [-0.3, -0.25) is 4.55 Å². The smallest absolute Gasteiger partial charge is 0.307 e. The third-order valence-electron chi connectivity index (χ3n) is 0.589.